The number of amides is 1. The number of aromatic nitrogens is 4. The van der Waals surface area contributed by atoms with Gasteiger partial charge in [-0.05, 0) is 30.0 Å². The van der Waals surface area contributed by atoms with Crippen LogP contribution >= 0.6 is 11.3 Å². The second-order valence-electron chi connectivity index (χ2n) is 7.47. The Morgan fingerprint density at radius 2 is 2.09 bits per heavy atom. The molecule has 3 aromatic heterocycles. The van der Waals surface area contributed by atoms with Crippen LogP contribution in [0, 0.1) is 0 Å². The number of ether oxygens (including phenoxy) is 2. The van der Waals surface area contributed by atoms with Crippen LogP contribution in [0.15, 0.2) is 58.7 Å². The molecular weight excluding hydrogens is 442 g/mol. The molecule has 1 aromatic carbocycles. The first kappa shape index (κ1) is 21.0. The van der Waals surface area contributed by atoms with Crippen LogP contribution in [0.25, 0.3) is 16.5 Å². The van der Waals surface area contributed by atoms with E-state index in [1.807, 2.05) is 36.6 Å². The first-order valence-corrected chi connectivity index (χ1v) is 11.4. The molecule has 1 atom stereocenters. The zero-order valence-electron chi connectivity index (χ0n) is 17.8. The molecule has 1 unspecified atom stereocenters. The molecule has 0 fully saturated rings. The van der Waals surface area contributed by atoms with E-state index in [9.17, 15) is 9.59 Å². The number of carbonyl (C=O) groups excluding carboxylic acids is 1. The Morgan fingerprint density at radius 1 is 1.24 bits per heavy atom. The Labute approximate surface area is 193 Å². The molecule has 33 heavy (non-hydrogen) atoms. The Kier molecular flexibility index (Phi) is 5.66. The molecule has 4 aromatic rings. The van der Waals surface area contributed by atoms with Crippen molar-refractivity contribution in [2.24, 2.45) is 0 Å². The number of rotatable bonds is 6. The number of para-hydroxylation sites is 2. The molecule has 5 rings (SSSR count). The lowest BCUT2D eigenvalue weighted by Crippen LogP contribution is -2.40. The van der Waals surface area contributed by atoms with Gasteiger partial charge in [0, 0.05) is 17.8 Å². The fourth-order valence-electron chi connectivity index (χ4n) is 3.51. The molecule has 10 heteroatoms. The van der Waals surface area contributed by atoms with Crippen LogP contribution < -0.4 is 20.3 Å². The van der Waals surface area contributed by atoms with Crippen LogP contribution in [0.3, 0.4) is 0 Å². The van der Waals surface area contributed by atoms with E-state index in [1.54, 1.807) is 18.2 Å². The largest absolute Gasteiger partial charge is 0.485 e. The highest BCUT2D eigenvalue weighted by Crippen LogP contribution is 2.32. The second kappa shape index (κ2) is 8.91. The lowest BCUT2D eigenvalue weighted by atomic mass is 10.2. The summed E-state index contributed by atoms with van der Waals surface area (Å²) in [4.78, 5) is 33.5. The summed E-state index contributed by atoms with van der Waals surface area (Å²) < 4.78 is 12.9. The van der Waals surface area contributed by atoms with Crippen LogP contribution in [0.5, 0.6) is 11.5 Å². The van der Waals surface area contributed by atoms with Gasteiger partial charge in [-0.1, -0.05) is 31.5 Å². The van der Waals surface area contributed by atoms with Crippen LogP contribution in [-0.4, -0.2) is 38.4 Å². The smallest absolute Gasteiger partial charge is 0.270 e. The summed E-state index contributed by atoms with van der Waals surface area (Å²) in [6.07, 6.45) is 0.663. The minimum Gasteiger partial charge on any atom is -0.485 e. The van der Waals surface area contributed by atoms with Gasteiger partial charge in [-0.3, -0.25) is 14.6 Å². The number of carbonyl (C=O) groups is 1. The van der Waals surface area contributed by atoms with Crippen LogP contribution in [0.4, 0.5) is 5.82 Å². The predicted octanol–water partition coefficient (Wildman–Crippen LogP) is 3.42. The lowest BCUT2D eigenvalue weighted by Gasteiger charge is -2.25. The summed E-state index contributed by atoms with van der Waals surface area (Å²) in [7, 11) is 0. The van der Waals surface area contributed by atoms with Crippen molar-refractivity contribution in [1.29, 1.82) is 0 Å². The van der Waals surface area contributed by atoms with Gasteiger partial charge in [0.25, 0.3) is 11.5 Å². The number of benzene rings is 1. The highest BCUT2D eigenvalue weighted by molar-refractivity contribution is 7.13. The fourth-order valence-corrected chi connectivity index (χ4v) is 4.19. The van der Waals surface area contributed by atoms with Crippen molar-refractivity contribution in [2.45, 2.75) is 25.9 Å². The minimum absolute atomic E-state index is 0.0792. The van der Waals surface area contributed by atoms with Crippen molar-refractivity contribution < 1.29 is 14.3 Å². The number of aromatic amines is 1. The van der Waals surface area contributed by atoms with Gasteiger partial charge >= 0.3 is 0 Å². The normalized spacial score (nSPS) is 14.8. The minimum atomic E-state index is -0.841. The third kappa shape index (κ3) is 4.37. The van der Waals surface area contributed by atoms with Gasteiger partial charge < -0.3 is 14.8 Å². The number of thiophene rings is 1. The van der Waals surface area contributed by atoms with Gasteiger partial charge in [0.05, 0.1) is 4.88 Å². The molecule has 0 bridgehead atoms. The molecule has 0 aliphatic carbocycles. The summed E-state index contributed by atoms with van der Waals surface area (Å²) in [6.45, 7) is 2.09. The molecule has 9 nitrogen and oxygen atoms in total. The molecule has 0 spiro atoms. The zero-order chi connectivity index (χ0) is 22.8. The Hall–Kier alpha value is -3.92. The number of nitrogens with zero attached hydrogens (tertiary/aromatic N) is 3. The number of aryl methyl sites for hydroxylation is 1. The summed E-state index contributed by atoms with van der Waals surface area (Å²) in [5, 5.41) is 9.41. The van der Waals surface area contributed by atoms with Crippen molar-refractivity contribution in [3.63, 3.8) is 0 Å². The Morgan fingerprint density at radius 3 is 2.88 bits per heavy atom. The molecule has 1 aliphatic heterocycles. The molecule has 0 saturated carbocycles. The molecule has 168 valence electrons. The SMILES string of the molecule is CCCc1cc(=O)[nH]c(-n2nc(-c3cccs3)cc2NC(=O)C2COc3ccccc3O2)n1. The zero-order valence-corrected chi connectivity index (χ0v) is 18.6. The third-order valence-electron chi connectivity index (χ3n) is 5.02. The predicted molar refractivity (Wildman–Crippen MR) is 124 cm³/mol. The summed E-state index contributed by atoms with van der Waals surface area (Å²) in [5.41, 5.74) is 1.02. The van der Waals surface area contributed by atoms with Crippen molar-refractivity contribution in [3.05, 3.63) is 70.0 Å². The average Bonchev–Trinajstić information content (AvgIpc) is 3.49. The number of fused-ring (bicyclic) bond motifs is 1. The van der Waals surface area contributed by atoms with E-state index in [4.69, 9.17) is 9.47 Å². The summed E-state index contributed by atoms with van der Waals surface area (Å²) in [6, 6.07) is 14.3. The number of hydrogen-bond donors (Lipinski definition) is 2. The molecule has 2 N–H and O–H groups in total. The van der Waals surface area contributed by atoms with Gasteiger partial charge in [-0.2, -0.15) is 9.78 Å². The maximum absolute atomic E-state index is 13.0. The first-order chi connectivity index (χ1) is 16.1. The summed E-state index contributed by atoms with van der Waals surface area (Å²) >= 11 is 1.52. The molecule has 0 radical (unpaired) electrons. The highest BCUT2D eigenvalue weighted by Gasteiger charge is 2.28. The van der Waals surface area contributed by atoms with E-state index < -0.39 is 12.0 Å². The third-order valence-corrected chi connectivity index (χ3v) is 5.92. The lowest BCUT2D eigenvalue weighted by molar-refractivity contribution is -0.125. The monoisotopic (exact) mass is 463 g/mol. The van der Waals surface area contributed by atoms with Crippen molar-refractivity contribution >= 4 is 23.1 Å². The van der Waals surface area contributed by atoms with E-state index in [-0.39, 0.29) is 18.1 Å². The highest BCUT2D eigenvalue weighted by atomic mass is 32.1. The van der Waals surface area contributed by atoms with Crippen molar-refractivity contribution in [3.8, 4) is 28.0 Å². The van der Waals surface area contributed by atoms with E-state index in [0.29, 0.717) is 35.1 Å². The number of nitrogens with one attached hydrogen (secondary N) is 2. The fraction of sp³-hybridized carbons (Fsp3) is 0.217. The van der Waals surface area contributed by atoms with Gasteiger partial charge in [0.1, 0.15) is 18.1 Å². The van der Waals surface area contributed by atoms with Gasteiger partial charge in [0.15, 0.2) is 11.5 Å². The van der Waals surface area contributed by atoms with Crippen LogP contribution in [0.2, 0.25) is 0 Å². The Bertz CT molecular complexity index is 1350. The average molecular weight is 464 g/mol. The van der Waals surface area contributed by atoms with Crippen LogP contribution in [-0.2, 0) is 11.2 Å². The maximum atomic E-state index is 13.0. The molecule has 0 saturated heterocycles. The Balaban J connectivity index is 1.48. The standard InChI is InChI=1S/C23H21N5O4S/c1-2-6-14-11-21(29)26-23(24-14)28-20(12-15(27-28)19-9-5-10-33-19)25-22(30)18-13-31-16-7-3-4-8-17(16)32-18/h3-5,7-12,18H,2,6,13H2,1H3,(H,25,30)(H,24,26,29). The molecule has 4 heterocycles. The number of H-pyrrole nitrogens is 1. The molecule has 1 aliphatic rings. The van der Waals surface area contributed by atoms with E-state index in [0.717, 1.165) is 11.3 Å². The van der Waals surface area contributed by atoms with Crippen molar-refractivity contribution in [2.75, 3.05) is 11.9 Å². The maximum Gasteiger partial charge on any atom is 0.270 e. The van der Waals surface area contributed by atoms with Gasteiger partial charge in [-0.25, -0.2) is 4.98 Å². The van der Waals surface area contributed by atoms with E-state index in [2.05, 4.69) is 20.4 Å². The van der Waals surface area contributed by atoms with E-state index in [1.165, 1.54) is 22.1 Å². The van der Waals surface area contributed by atoms with Crippen LogP contribution in [0.1, 0.15) is 19.0 Å². The van der Waals surface area contributed by atoms with Crippen molar-refractivity contribution in [1.82, 2.24) is 19.7 Å². The second-order valence-corrected chi connectivity index (χ2v) is 8.42. The first-order valence-electron chi connectivity index (χ1n) is 10.5. The van der Waals surface area contributed by atoms with Gasteiger partial charge in [-0.15, -0.1) is 11.3 Å². The molecular formula is C23H21N5O4S. The quantitative estimate of drug-likeness (QED) is 0.453. The number of hydrogen-bond acceptors (Lipinski definition) is 7. The number of anilines is 1. The van der Waals surface area contributed by atoms with Gasteiger partial charge in [0.2, 0.25) is 12.1 Å². The summed E-state index contributed by atoms with van der Waals surface area (Å²) in [5.74, 6) is 1.31. The molecule has 1 amide bonds. The van der Waals surface area contributed by atoms with E-state index >= 15 is 0 Å². The topological polar surface area (TPSA) is 111 Å².